The molecule has 20 heavy (non-hydrogen) atoms. The Bertz CT molecular complexity index is 673. The first-order valence-corrected chi connectivity index (χ1v) is 6.65. The third-order valence-corrected chi connectivity index (χ3v) is 3.47. The molecule has 5 nitrogen and oxygen atoms in total. The van der Waals surface area contributed by atoms with Crippen molar-refractivity contribution >= 4 is 28.5 Å². The molecule has 0 atom stereocenters. The third-order valence-electron chi connectivity index (χ3n) is 3.47. The number of aromatic nitrogens is 1. The van der Waals surface area contributed by atoms with Gasteiger partial charge in [-0.05, 0) is 37.1 Å². The number of anilines is 1. The molecule has 0 unspecified atom stereocenters. The molecule has 2 N–H and O–H groups in total. The summed E-state index contributed by atoms with van der Waals surface area (Å²) >= 11 is 0. The van der Waals surface area contributed by atoms with E-state index in [-0.39, 0.29) is 11.6 Å². The monoisotopic (exact) mass is 274 g/mol. The Morgan fingerprint density at radius 3 is 2.50 bits per heavy atom. The summed E-state index contributed by atoms with van der Waals surface area (Å²) in [5.41, 5.74) is 2.57. The predicted octanol–water partition coefficient (Wildman–Crippen LogP) is 2.80. The molecule has 5 heteroatoms. The molecule has 1 aromatic carbocycles. The van der Waals surface area contributed by atoms with Crippen LogP contribution in [0.3, 0.4) is 0 Å². The van der Waals surface area contributed by atoms with Gasteiger partial charge >= 0.3 is 5.97 Å². The molecule has 0 aliphatic carbocycles. The molecular weight excluding hydrogens is 256 g/mol. The SMILES string of the molecule is CCc1c(C(=O)O)[nH]c2ccc(N(CC)C(C)=O)cc12. The minimum absolute atomic E-state index is 0.0288. The largest absolute Gasteiger partial charge is 0.477 e. The molecule has 2 rings (SSSR count). The van der Waals surface area contributed by atoms with Gasteiger partial charge in [-0.1, -0.05) is 6.92 Å². The van der Waals surface area contributed by atoms with E-state index in [0.29, 0.717) is 13.0 Å². The summed E-state index contributed by atoms with van der Waals surface area (Å²) in [5, 5.41) is 10.1. The van der Waals surface area contributed by atoms with Gasteiger partial charge in [-0.15, -0.1) is 0 Å². The molecule has 0 spiro atoms. The summed E-state index contributed by atoms with van der Waals surface area (Å²) in [4.78, 5) is 27.4. The first kappa shape index (κ1) is 14.1. The van der Waals surface area contributed by atoms with Crippen LogP contribution in [0.15, 0.2) is 18.2 Å². The summed E-state index contributed by atoms with van der Waals surface area (Å²) in [5.74, 6) is -0.989. The molecule has 1 aromatic heterocycles. The van der Waals surface area contributed by atoms with Crippen molar-refractivity contribution in [2.75, 3.05) is 11.4 Å². The molecule has 0 fully saturated rings. The Morgan fingerprint density at radius 2 is 2.00 bits per heavy atom. The second-order valence-electron chi connectivity index (χ2n) is 4.63. The number of hydrogen-bond acceptors (Lipinski definition) is 2. The van der Waals surface area contributed by atoms with Gasteiger partial charge in [0.05, 0.1) is 0 Å². The van der Waals surface area contributed by atoms with Crippen molar-refractivity contribution in [1.29, 1.82) is 0 Å². The topological polar surface area (TPSA) is 73.4 Å². The number of fused-ring (bicyclic) bond motifs is 1. The van der Waals surface area contributed by atoms with Crippen LogP contribution in [0.1, 0.15) is 36.8 Å². The van der Waals surface area contributed by atoms with Crippen LogP contribution in [0.5, 0.6) is 0 Å². The Labute approximate surface area is 117 Å². The highest BCUT2D eigenvalue weighted by Crippen LogP contribution is 2.28. The number of aromatic amines is 1. The van der Waals surface area contributed by atoms with Crippen molar-refractivity contribution in [3.63, 3.8) is 0 Å². The van der Waals surface area contributed by atoms with Crippen LogP contribution < -0.4 is 4.90 Å². The molecule has 1 heterocycles. The standard InChI is InChI=1S/C15H18N2O3/c1-4-11-12-8-10(17(5-2)9(3)18)6-7-13(12)16-14(11)15(19)20/h6-8,16H,4-5H2,1-3H3,(H,19,20). The third kappa shape index (κ3) is 2.27. The lowest BCUT2D eigenvalue weighted by atomic mass is 10.1. The molecule has 106 valence electrons. The summed E-state index contributed by atoms with van der Waals surface area (Å²) in [7, 11) is 0. The number of nitrogens with zero attached hydrogens (tertiary/aromatic N) is 1. The summed E-state index contributed by atoms with van der Waals surface area (Å²) < 4.78 is 0. The van der Waals surface area contributed by atoms with Crippen LogP contribution in [0.25, 0.3) is 10.9 Å². The van der Waals surface area contributed by atoms with Crippen molar-refractivity contribution in [2.24, 2.45) is 0 Å². The minimum Gasteiger partial charge on any atom is -0.477 e. The van der Waals surface area contributed by atoms with Crippen molar-refractivity contribution in [3.8, 4) is 0 Å². The number of amides is 1. The predicted molar refractivity (Wildman–Crippen MR) is 78.3 cm³/mol. The van der Waals surface area contributed by atoms with E-state index >= 15 is 0 Å². The van der Waals surface area contributed by atoms with Gasteiger partial charge in [0.2, 0.25) is 5.91 Å². The van der Waals surface area contributed by atoms with E-state index in [4.69, 9.17) is 0 Å². The van der Waals surface area contributed by atoms with E-state index in [1.807, 2.05) is 32.0 Å². The Kier molecular flexibility index (Phi) is 3.79. The number of carbonyl (C=O) groups is 2. The maximum Gasteiger partial charge on any atom is 0.352 e. The maximum absolute atomic E-state index is 11.6. The zero-order valence-electron chi connectivity index (χ0n) is 11.9. The van der Waals surface area contributed by atoms with Gasteiger partial charge in [0.15, 0.2) is 0 Å². The minimum atomic E-state index is -0.960. The second-order valence-corrected chi connectivity index (χ2v) is 4.63. The van der Waals surface area contributed by atoms with E-state index in [9.17, 15) is 14.7 Å². The number of H-pyrrole nitrogens is 1. The molecule has 2 aromatic rings. The van der Waals surface area contributed by atoms with Gasteiger partial charge in [0.25, 0.3) is 0 Å². The van der Waals surface area contributed by atoms with E-state index in [0.717, 1.165) is 22.2 Å². The fourth-order valence-corrected chi connectivity index (χ4v) is 2.54. The molecule has 0 saturated heterocycles. The molecule has 0 radical (unpaired) electrons. The van der Waals surface area contributed by atoms with Crippen molar-refractivity contribution in [2.45, 2.75) is 27.2 Å². The highest BCUT2D eigenvalue weighted by atomic mass is 16.4. The number of carboxylic acids is 1. The summed E-state index contributed by atoms with van der Waals surface area (Å²) in [6, 6.07) is 5.53. The molecule has 0 aliphatic heterocycles. The number of nitrogens with one attached hydrogen (secondary N) is 1. The Hall–Kier alpha value is -2.30. The number of aryl methyl sites for hydroxylation is 1. The van der Waals surface area contributed by atoms with Gasteiger partial charge in [0, 0.05) is 30.1 Å². The lowest BCUT2D eigenvalue weighted by Crippen LogP contribution is -2.27. The highest BCUT2D eigenvalue weighted by molar-refractivity contribution is 6.00. The average molecular weight is 274 g/mol. The van der Waals surface area contributed by atoms with Crippen LogP contribution in [0.4, 0.5) is 5.69 Å². The van der Waals surface area contributed by atoms with E-state index < -0.39 is 5.97 Å². The smallest absolute Gasteiger partial charge is 0.352 e. The van der Waals surface area contributed by atoms with Gasteiger partial charge in [-0.3, -0.25) is 4.79 Å². The quantitative estimate of drug-likeness (QED) is 0.900. The van der Waals surface area contributed by atoms with Crippen molar-refractivity contribution < 1.29 is 14.7 Å². The zero-order chi connectivity index (χ0) is 14.9. The van der Waals surface area contributed by atoms with E-state index in [1.54, 1.807) is 4.90 Å². The maximum atomic E-state index is 11.6. The number of aromatic carboxylic acids is 1. The van der Waals surface area contributed by atoms with Crippen molar-refractivity contribution in [3.05, 3.63) is 29.5 Å². The molecular formula is C15H18N2O3. The second kappa shape index (κ2) is 5.36. The number of benzene rings is 1. The molecule has 1 amide bonds. The number of rotatable bonds is 4. The van der Waals surface area contributed by atoms with Crippen LogP contribution >= 0.6 is 0 Å². The zero-order valence-corrected chi connectivity index (χ0v) is 11.9. The van der Waals surface area contributed by atoms with Gasteiger partial charge in [-0.25, -0.2) is 4.79 Å². The number of hydrogen-bond donors (Lipinski definition) is 2. The van der Waals surface area contributed by atoms with Gasteiger partial charge in [-0.2, -0.15) is 0 Å². The highest BCUT2D eigenvalue weighted by Gasteiger charge is 2.17. The lowest BCUT2D eigenvalue weighted by molar-refractivity contribution is -0.116. The number of carbonyl (C=O) groups excluding carboxylic acids is 1. The summed E-state index contributed by atoms with van der Waals surface area (Å²) in [6.07, 6.45) is 0.622. The van der Waals surface area contributed by atoms with Crippen LogP contribution in [0.2, 0.25) is 0 Å². The van der Waals surface area contributed by atoms with Crippen molar-refractivity contribution in [1.82, 2.24) is 4.98 Å². The average Bonchev–Trinajstić information content (AvgIpc) is 2.77. The van der Waals surface area contributed by atoms with E-state index in [1.165, 1.54) is 6.92 Å². The van der Waals surface area contributed by atoms with Gasteiger partial charge < -0.3 is 15.0 Å². The molecule has 0 aliphatic rings. The fourth-order valence-electron chi connectivity index (χ4n) is 2.54. The van der Waals surface area contributed by atoms with Crippen LogP contribution in [-0.4, -0.2) is 28.5 Å². The normalized spacial score (nSPS) is 10.8. The Morgan fingerprint density at radius 1 is 1.30 bits per heavy atom. The first-order chi connectivity index (χ1) is 9.49. The lowest BCUT2D eigenvalue weighted by Gasteiger charge is -2.19. The van der Waals surface area contributed by atoms with Gasteiger partial charge in [0.1, 0.15) is 5.69 Å². The summed E-state index contributed by atoms with van der Waals surface area (Å²) in [6.45, 7) is 5.93. The first-order valence-electron chi connectivity index (χ1n) is 6.65. The number of carboxylic acid groups (broad SMARTS) is 1. The Balaban J connectivity index is 2.63. The molecule has 0 saturated carbocycles. The van der Waals surface area contributed by atoms with Crippen LogP contribution in [0, 0.1) is 0 Å². The van der Waals surface area contributed by atoms with E-state index in [2.05, 4.69) is 4.98 Å². The molecule has 0 bridgehead atoms. The fraction of sp³-hybridized carbons (Fsp3) is 0.333. The van der Waals surface area contributed by atoms with Crippen LogP contribution in [-0.2, 0) is 11.2 Å².